The first kappa shape index (κ1) is 9.72. The van der Waals surface area contributed by atoms with Crippen LogP contribution in [-0.4, -0.2) is 6.61 Å². The molecule has 1 fully saturated rings. The lowest BCUT2D eigenvalue weighted by Crippen LogP contribution is -2.27. The van der Waals surface area contributed by atoms with Crippen molar-refractivity contribution < 1.29 is 4.74 Å². The van der Waals surface area contributed by atoms with Crippen LogP contribution in [-0.2, 0) is 10.3 Å². The van der Waals surface area contributed by atoms with Gasteiger partial charge >= 0.3 is 0 Å². The second kappa shape index (κ2) is 2.83. The van der Waals surface area contributed by atoms with Crippen molar-refractivity contribution in [1.29, 1.82) is 0 Å². The molecule has 1 atom stereocenters. The molecule has 0 aromatic heterocycles. The number of hydrogen-bond donors (Lipinski definition) is 0. The molecule has 1 heteroatoms. The summed E-state index contributed by atoms with van der Waals surface area (Å²) in [5.74, 6) is 0. The summed E-state index contributed by atoms with van der Waals surface area (Å²) in [4.78, 5) is 0. The van der Waals surface area contributed by atoms with E-state index >= 15 is 0 Å². The van der Waals surface area contributed by atoms with Crippen molar-refractivity contribution in [3.05, 3.63) is 35.4 Å². The predicted molar refractivity (Wildman–Crippen MR) is 58.3 cm³/mol. The molecule has 1 aromatic rings. The lowest BCUT2D eigenvalue weighted by Gasteiger charge is -2.28. The summed E-state index contributed by atoms with van der Waals surface area (Å²) in [6.07, 6.45) is 0. The third kappa shape index (κ3) is 1.36. The molecular formula is C13H18O. The third-order valence-electron chi connectivity index (χ3n) is 3.13. The van der Waals surface area contributed by atoms with Crippen LogP contribution >= 0.6 is 0 Å². The van der Waals surface area contributed by atoms with E-state index in [1.165, 1.54) is 11.1 Å². The molecule has 0 aliphatic carbocycles. The standard InChI is InChI=1S/C13H18O/c1-10-6-5-7-11(8-10)13(9-14-13)12(2,3)4/h5-8H,9H2,1-4H3. The molecule has 0 radical (unpaired) electrons. The van der Waals surface area contributed by atoms with Gasteiger partial charge in [-0.05, 0) is 17.9 Å². The molecule has 1 saturated heterocycles. The maximum absolute atomic E-state index is 5.70. The number of aryl methyl sites for hydroxylation is 1. The van der Waals surface area contributed by atoms with Gasteiger partial charge in [0.05, 0.1) is 6.61 Å². The first-order valence-corrected chi connectivity index (χ1v) is 5.17. The van der Waals surface area contributed by atoms with Gasteiger partial charge in [0.15, 0.2) is 0 Å². The quantitative estimate of drug-likeness (QED) is 0.619. The Kier molecular flexibility index (Phi) is 1.97. The largest absolute Gasteiger partial charge is 0.364 e. The Labute approximate surface area is 86.1 Å². The first-order valence-electron chi connectivity index (χ1n) is 5.17. The maximum Gasteiger partial charge on any atom is 0.121 e. The Morgan fingerprint density at radius 2 is 1.93 bits per heavy atom. The topological polar surface area (TPSA) is 12.5 Å². The molecule has 2 rings (SSSR count). The number of ether oxygens (including phenoxy) is 1. The van der Waals surface area contributed by atoms with Gasteiger partial charge in [0, 0.05) is 0 Å². The average molecular weight is 190 g/mol. The summed E-state index contributed by atoms with van der Waals surface area (Å²) in [5.41, 5.74) is 2.78. The molecule has 0 N–H and O–H groups in total. The van der Waals surface area contributed by atoms with Crippen molar-refractivity contribution in [2.45, 2.75) is 33.3 Å². The summed E-state index contributed by atoms with van der Waals surface area (Å²) in [5, 5.41) is 0. The molecule has 14 heavy (non-hydrogen) atoms. The lowest BCUT2D eigenvalue weighted by molar-refractivity contribution is 0.155. The summed E-state index contributed by atoms with van der Waals surface area (Å²) >= 11 is 0. The smallest absolute Gasteiger partial charge is 0.121 e. The van der Waals surface area contributed by atoms with Crippen LogP contribution in [0.1, 0.15) is 31.9 Å². The zero-order chi connectivity index (χ0) is 10.4. The van der Waals surface area contributed by atoms with E-state index < -0.39 is 0 Å². The molecule has 1 nitrogen and oxygen atoms in total. The minimum Gasteiger partial charge on any atom is -0.364 e. The van der Waals surface area contributed by atoms with E-state index in [-0.39, 0.29) is 11.0 Å². The van der Waals surface area contributed by atoms with Crippen LogP contribution in [0.5, 0.6) is 0 Å². The maximum atomic E-state index is 5.70. The van der Waals surface area contributed by atoms with E-state index in [2.05, 4.69) is 52.0 Å². The zero-order valence-electron chi connectivity index (χ0n) is 9.42. The molecule has 0 saturated carbocycles. The number of epoxide rings is 1. The third-order valence-corrected chi connectivity index (χ3v) is 3.13. The number of hydrogen-bond acceptors (Lipinski definition) is 1. The summed E-state index contributed by atoms with van der Waals surface area (Å²) in [7, 11) is 0. The van der Waals surface area contributed by atoms with Gasteiger partial charge < -0.3 is 4.74 Å². The normalized spacial score (nSPS) is 26.3. The molecule has 0 amide bonds. The van der Waals surface area contributed by atoms with Gasteiger partial charge in [-0.15, -0.1) is 0 Å². The molecule has 1 unspecified atom stereocenters. The molecule has 1 aliphatic heterocycles. The Morgan fingerprint density at radius 3 is 2.36 bits per heavy atom. The first-order chi connectivity index (χ1) is 6.46. The monoisotopic (exact) mass is 190 g/mol. The van der Waals surface area contributed by atoms with Gasteiger partial charge in [0.1, 0.15) is 5.60 Å². The molecule has 0 bridgehead atoms. The van der Waals surface area contributed by atoms with Crippen molar-refractivity contribution in [1.82, 2.24) is 0 Å². The van der Waals surface area contributed by atoms with Crippen molar-refractivity contribution >= 4 is 0 Å². The van der Waals surface area contributed by atoms with Crippen molar-refractivity contribution in [3.8, 4) is 0 Å². The second-order valence-electron chi connectivity index (χ2n) is 5.24. The summed E-state index contributed by atoms with van der Waals surface area (Å²) < 4.78 is 5.70. The zero-order valence-corrected chi connectivity index (χ0v) is 9.42. The minimum absolute atomic E-state index is 0.0287. The highest BCUT2D eigenvalue weighted by molar-refractivity contribution is 5.32. The van der Waals surface area contributed by atoms with E-state index in [0.717, 1.165) is 6.61 Å². The summed E-state index contributed by atoms with van der Waals surface area (Å²) in [6, 6.07) is 8.64. The van der Waals surface area contributed by atoms with Gasteiger partial charge in [-0.1, -0.05) is 50.6 Å². The Morgan fingerprint density at radius 1 is 1.29 bits per heavy atom. The molecule has 1 heterocycles. The number of benzene rings is 1. The minimum atomic E-state index is -0.0287. The van der Waals surface area contributed by atoms with E-state index in [0.29, 0.717) is 0 Å². The predicted octanol–water partition coefficient (Wildman–Crippen LogP) is 3.27. The Balaban J connectivity index is 2.41. The van der Waals surface area contributed by atoms with E-state index in [1.807, 2.05) is 0 Å². The fourth-order valence-electron chi connectivity index (χ4n) is 2.00. The average Bonchev–Trinajstić information content (AvgIpc) is 2.82. The lowest BCUT2D eigenvalue weighted by atomic mass is 9.76. The van der Waals surface area contributed by atoms with Gasteiger partial charge in [-0.3, -0.25) is 0 Å². The van der Waals surface area contributed by atoms with Crippen LogP contribution in [0.25, 0.3) is 0 Å². The van der Waals surface area contributed by atoms with Crippen LogP contribution in [0.3, 0.4) is 0 Å². The SMILES string of the molecule is Cc1cccc(C2(C(C)(C)C)CO2)c1. The van der Waals surface area contributed by atoms with Crippen molar-refractivity contribution in [3.63, 3.8) is 0 Å². The van der Waals surface area contributed by atoms with E-state index in [9.17, 15) is 0 Å². The highest BCUT2D eigenvalue weighted by Gasteiger charge is 2.55. The van der Waals surface area contributed by atoms with Gasteiger partial charge in [0.25, 0.3) is 0 Å². The van der Waals surface area contributed by atoms with E-state index in [1.54, 1.807) is 0 Å². The highest BCUT2D eigenvalue weighted by Crippen LogP contribution is 2.52. The van der Waals surface area contributed by atoms with Crippen LogP contribution in [0.4, 0.5) is 0 Å². The van der Waals surface area contributed by atoms with Gasteiger partial charge in [-0.25, -0.2) is 0 Å². The van der Waals surface area contributed by atoms with E-state index in [4.69, 9.17) is 4.74 Å². The molecule has 1 aromatic carbocycles. The van der Waals surface area contributed by atoms with Crippen molar-refractivity contribution in [2.75, 3.05) is 6.61 Å². The van der Waals surface area contributed by atoms with Crippen LogP contribution < -0.4 is 0 Å². The highest BCUT2D eigenvalue weighted by atomic mass is 16.6. The molecule has 76 valence electrons. The van der Waals surface area contributed by atoms with Gasteiger partial charge in [-0.2, -0.15) is 0 Å². The fourth-order valence-corrected chi connectivity index (χ4v) is 2.00. The molecule has 1 aliphatic rings. The molecular weight excluding hydrogens is 172 g/mol. The fraction of sp³-hybridized carbons (Fsp3) is 0.538. The Bertz CT molecular complexity index is 342. The van der Waals surface area contributed by atoms with Crippen LogP contribution in [0.15, 0.2) is 24.3 Å². The molecule has 0 spiro atoms. The van der Waals surface area contributed by atoms with Crippen LogP contribution in [0.2, 0.25) is 0 Å². The second-order valence-corrected chi connectivity index (χ2v) is 5.24. The summed E-state index contributed by atoms with van der Waals surface area (Å²) in [6.45, 7) is 9.70. The van der Waals surface area contributed by atoms with Gasteiger partial charge in [0.2, 0.25) is 0 Å². The number of rotatable bonds is 1. The Hall–Kier alpha value is -0.820. The van der Waals surface area contributed by atoms with Crippen molar-refractivity contribution in [2.24, 2.45) is 5.41 Å². The van der Waals surface area contributed by atoms with Crippen LogP contribution in [0, 0.1) is 12.3 Å².